The summed E-state index contributed by atoms with van der Waals surface area (Å²) in [7, 11) is 0. The lowest BCUT2D eigenvalue weighted by molar-refractivity contribution is 0.352. The van der Waals surface area contributed by atoms with Crippen molar-refractivity contribution in [3.8, 4) is 6.07 Å². The third-order valence-electron chi connectivity index (χ3n) is 7.71. The van der Waals surface area contributed by atoms with Gasteiger partial charge in [0.05, 0.1) is 6.07 Å². The average Bonchev–Trinajstić information content (AvgIpc) is 3.14. The highest BCUT2D eigenvalue weighted by Crippen LogP contribution is 2.30. The van der Waals surface area contributed by atoms with Crippen LogP contribution in [-0.2, 0) is 15.4 Å². The molecule has 2 nitrogen and oxygen atoms in total. The second kappa shape index (κ2) is 17.0. The standard InChI is InChI=1S/C24BF20.C7H14NOS/c26-5-1(6(27)14(35)21(42)13(5)34)25(2-7(28)15(36)22(43)16(37)8(2)29,3-9(30)17(38)23(44)18(39)10(3)31)4-11(32)19(40)24(45)20(41)12(4)33;1-10(2)9-7-5-3-4-6-8/h;3-5,7H2,1-2H3/q-1;+1. The lowest BCUT2D eigenvalue weighted by Crippen LogP contribution is -2.81. The SMILES string of the molecule is C[S+](C)OCCCCC#N.Fc1c(F)c(F)c([B-](c2c(F)c(F)c(F)c(F)c2F)(c2c(F)c(F)c(F)c(F)c2F)c2c(F)c(F)c(F)c(F)c2F)c(F)c1F. The van der Waals surface area contributed by atoms with E-state index in [2.05, 4.69) is 6.07 Å². The number of benzene rings is 4. The van der Waals surface area contributed by atoms with Gasteiger partial charge in [-0.3, -0.25) is 0 Å². The molecule has 55 heavy (non-hydrogen) atoms. The quantitative estimate of drug-likeness (QED) is 0.0442. The first-order valence-corrected chi connectivity index (χ1v) is 16.2. The summed E-state index contributed by atoms with van der Waals surface area (Å²) in [5.74, 6) is -71.4. The van der Waals surface area contributed by atoms with Gasteiger partial charge in [-0.2, -0.15) is 9.44 Å². The van der Waals surface area contributed by atoms with E-state index < -0.39 is 144 Å². The summed E-state index contributed by atoms with van der Waals surface area (Å²) in [5, 5.41) is 8.19. The zero-order chi connectivity index (χ0) is 42.2. The van der Waals surface area contributed by atoms with E-state index in [1.807, 2.05) is 12.5 Å². The molecule has 0 aliphatic rings. The van der Waals surface area contributed by atoms with Gasteiger partial charge in [0, 0.05) is 6.42 Å². The molecule has 0 atom stereocenters. The predicted octanol–water partition coefficient (Wildman–Crippen LogP) is 7.34. The van der Waals surface area contributed by atoms with E-state index in [0.717, 1.165) is 19.4 Å². The first kappa shape index (κ1) is 44.7. The minimum Gasteiger partial charge on any atom is -0.207 e. The van der Waals surface area contributed by atoms with Crippen molar-refractivity contribution in [2.75, 3.05) is 19.1 Å². The van der Waals surface area contributed by atoms with Crippen LogP contribution in [0.25, 0.3) is 0 Å². The molecule has 0 fully saturated rings. The van der Waals surface area contributed by atoms with Crippen molar-refractivity contribution in [1.29, 1.82) is 5.26 Å². The van der Waals surface area contributed by atoms with Gasteiger partial charge in [0.2, 0.25) is 0 Å². The number of nitrogens with zero attached hydrogens (tertiary/aromatic N) is 1. The van der Waals surface area contributed by atoms with E-state index in [0.29, 0.717) is 6.42 Å². The Labute approximate surface area is 297 Å². The second-order valence-corrected chi connectivity index (χ2v) is 12.7. The van der Waals surface area contributed by atoms with Crippen molar-refractivity contribution < 1.29 is 92.0 Å². The molecule has 0 radical (unpaired) electrons. The van der Waals surface area contributed by atoms with Gasteiger partial charge in [0.1, 0.15) is 83.0 Å². The van der Waals surface area contributed by atoms with Crippen molar-refractivity contribution in [3.63, 3.8) is 0 Å². The highest BCUT2D eigenvalue weighted by molar-refractivity contribution is 7.90. The Morgan fingerprint density at radius 2 is 0.582 bits per heavy atom. The van der Waals surface area contributed by atoms with E-state index in [1.165, 1.54) is 0 Å². The van der Waals surface area contributed by atoms with Gasteiger partial charge in [0.25, 0.3) is 0 Å². The summed E-state index contributed by atoms with van der Waals surface area (Å²) >= 11 is 0.0961. The van der Waals surface area contributed by atoms with Crippen LogP contribution >= 0.6 is 0 Å². The number of rotatable bonds is 9. The molecule has 0 N–H and O–H groups in total. The molecule has 0 amide bonds. The maximum atomic E-state index is 15.4. The van der Waals surface area contributed by atoms with Crippen LogP contribution in [0.5, 0.6) is 0 Å². The Bertz CT molecular complexity index is 1830. The van der Waals surface area contributed by atoms with Crippen LogP contribution in [0.2, 0.25) is 0 Å². The molecule has 0 aromatic heterocycles. The third kappa shape index (κ3) is 7.39. The molecular weight excluding hydrogens is 825 g/mol. The number of halogens is 20. The number of hydrogen-bond donors (Lipinski definition) is 0. The molecule has 298 valence electrons. The fraction of sp³-hybridized carbons (Fsp3) is 0.194. The largest absolute Gasteiger partial charge is 0.207 e. The Kier molecular flexibility index (Phi) is 13.8. The highest BCUT2D eigenvalue weighted by atomic mass is 32.2. The first-order chi connectivity index (χ1) is 25.5. The van der Waals surface area contributed by atoms with Gasteiger partial charge >= 0.3 is 0 Å². The molecule has 0 heterocycles. The molecule has 0 saturated heterocycles. The minimum atomic E-state index is -7.22. The summed E-state index contributed by atoms with van der Waals surface area (Å²) in [6, 6.07) is 2.10. The van der Waals surface area contributed by atoms with E-state index in [4.69, 9.17) is 9.44 Å². The summed E-state index contributed by atoms with van der Waals surface area (Å²) < 4.78 is 299. The molecule has 0 unspecified atom stereocenters. The molecule has 0 aliphatic carbocycles. The summed E-state index contributed by atoms with van der Waals surface area (Å²) in [4.78, 5) is 0. The van der Waals surface area contributed by atoms with Crippen LogP contribution in [0.1, 0.15) is 19.3 Å². The number of nitriles is 1. The van der Waals surface area contributed by atoms with E-state index >= 15 is 35.1 Å². The van der Waals surface area contributed by atoms with Crippen molar-refractivity contribution in [3.05, 3.63) is 116 Å². The zero-order valence-corrected chi connectivity index (χ0v) is 27.5. The Hall–Kier alpha value is -4.66. The van der Waals surface area contributed by atoms with Gasteiger partial charge in [-0.15, -0.1) is 21.9 Å². The van der Waals surface area contributed by atoms with Crippen molar-refractivity contribution in [2.24, 2.45) is 0 Å². The van der Waals surface area contributed by atoms with E-state index in [-0.39, 0.29) is 11.2 Å². The molecule has 0 saturated carbocycles. The maximum Gasteiger partial charge on any atom is 0.200 e. The first-order valence-electron chi connectivity index (χ1n) is 14.3. The molecule has 4 rings (SSSR count). The topological polar surface area (TPSA) is 33.0 Å². The summed E-state index contributed by atoms with van der Waals surface area (Å²) in [6.45, 7) is 0.803. The molecule has 0 bridgehead atoms. The van der Waals surface area contributed by atoms with Crippen molar-refractivity contribution in [1.82, 2.24) is 0 Å². The van der Waals surface area contributed by atoms with Crippen LogP contribution in [0.4, 0.5) is 87.8 Å². The van der Waals surface area contributed by atoms with Crippen LogP contribution < -0.4 is 21.9 Å². The lowest BCUT2D eigenvalue weighted by atomic mass is 9.12. The van der Waals surface area contributed by atoms with Gasteiger partial charge in [-0.1, -0.05) is 0 Å². The maximum absolute atomic E-state index is 15.4. The molecule has 4 aromatic rings. The van der Waals surface area contributed by atoms with Gasteiger partial charge < -0.3 is 0 Å². The van der Waals surface area contributed by atoms with Crippen LogP contribution in [0.3, 0.4) is 0 Å². The van der Waals surface area contributed by atoms with E-state index in [1.54, 1.807) is 0 Å². The second-order valence-electron chi connectivity index (χ2n) is 11.0. The Balaban J connectivity index is 0.000000712. The molecule has 0 aliphatic heterocycles. The van der Waals surface area contributed by atoms with Crippen molar-refractivity contribution >= 4 is 39.2 Å². The lowest BCUT2D eigenvalue weighted by Gasteiger charge is -2.44. The summed E-state index contributed by atoms with van der Waals surface area (Å²) in [5.41, 5.74) is -14.3. The Morgan fingerprint density at radius 3 is 0.764 bits per heavy atom. The fourth-order valence-electron chi connectivity index (χ4n) is 5.41. The van der Waals surface area contributed by atoms with Crippen LogP contribution in [-0.4, -0.2) is 25.3 Å². The number of hydrogen-bond acceptors (Lipinski definition) is 2. The smallest absolute Gasteiger partial charge is 0.200 e. The fourth-order valence-corrected chi connectivity index (χ4v) is 5.86. The zero-order valence-electron chi connectivity index (χ0n) is 26.7. The third-order valence-corrected chi connectivity index (χ3v) is 8.35. The molecule has 24 heteroatoms. The van der Waals surface area contributed by atoms with E-state index in [9.17, 15) is 52.7 Å². The van der Waals surface area contributed by atoms with Crippen molar-refractivity contribution in [2.45, 2.75) is 19.3 Å². The molecule has 0 spiro atoms. The monoisotopic (exact) mass is 839 g/mol. The van der Waals surface area contributed by atoms with Gasteiger partial charge in [-0.05, 0) is 12.8 Å². The normalized spacial score (nSPS) is 11.6. The average molecular weight is 839 g/mol. The highest BCUT2D eigenvalue weighted by Gasteiger charge is 2.52. The predicted molar refractivity (Wildman–Crippen MR) is 154 cm³/mol. The summed E-state index contributed by atoms with van der Waals surface area (Å²) in [6.07, 6.45) is -0.489. The minimum absolute atomic E-state index is 0.0961. The van der Waals surface area contributed by atoms with Crippen LogP contribution in [0, 0.1) is 128 Å². The Morgan fingerprint density at radius 1 is 0.382 bits per heavy atom. The van der Waals surface area contributed by atoms with Crippen LogP contribution in [0.15, 0.2) is 0 Å². The molecule has 4 aromatic carbocycles. The van der Waals surface area contributed by atoms with Gasteiger partial charge in [-0.25, -0.2) is 87.8 Å². The molecular formula is C31H14BF20NOS. The van der Waals surface area contributed by atoms with Gasteiger partial charge in [0.15, 0.2) is 69.8 Å². The number of unbranched alkanes of at least 4 members (excludes halogenated alkanes) is 2.